The second kappa shape index (κ2) is 4.98. The largest absolute Gasteiger partial charge is 0.481 e. The van der Waals surface area contributed by atoms with Crippen LogP contribution in [0.2, 0.25) is 5.02 Å². The molecule has 5 heteroatoms. The third-order valence-corrected chi connectivity index (χ3v) is 3.46. The van der Waals surface area contributed by atoms with Gasteiger partial charge in [0, 0.05) is 11.6 Å². The highest BCUT2D eigenvalue weighted by atomic mass is 35.5. The SMILES string of the molecule is O=C(O)CCNC(=O)C1(c2ccc(Cl)cc2)CC1. The lowest BCUT2D eigenvalue weighted by atomic mass is 9.95. The molecule has 2 N–H and O–H groups in total. The Bertz CT molecular complexity index is 466. The number of carbonyl (C=O) groups is 2. The molecular weight excluding hydrogens is 254 g/mol. The van der Waals surface area contributed by atoms with Crippen LogP contribution in [0.3, 0.4) is 0 Å². The number of hydrogen-bond donors (Lipinski definition) is 2. The first-order chi connectivity index (χ1) is 8.54. The second-order valence-electron chi connectivity index (χ2n) is 4.49. The van der Waals surface area contributed by atoms with Gasteiger partial charge in [0.15, 0.2) is 0 Å². The van der Waals surface area contributed by atoms with E-state index >= 15 is 0 Å². The Morgan fingerprint density at radius 1 is 1.28 bits per heavy atom. The number of carboxylic acids is 1. The fourth-order valence-electron chi connectivity index (χ4n) is 1.99. The van der Waals surface area contributed by atoms with Gasteiger partial charge in [-0.15, -0.1) is 0 Å². The van der Waals surface area contributed by atoms with Gasteiger partial charge in [0.05, 0.1) is 11.8 Å². The van der Waals surface area contributed by atoms with Crippen molar-refractivity contribution in [2.75, 3.05) is 6.54 Å². The molecule has 0 heterocycles. The van der Waals surface area contributed by atoms with Gasteiger partial charge in [-0.1, -0.05) is 23.7 Å². The summed E-state index contributed by atoms with van der Waals surface area (Å²) in [5, 5.41) is 11.8. The fraction of sp³-hybridized carbons (Fsp3) is 0.385. The van der Waals surface area contributed by atoms with Crippen LogP contribution in [-0.4, -0.2) is 23.5 Å². The molecule has 1 aromatic rings. The zero-order valence-corrected chi connectivity index (χ0v) is 10.5. The fourth-order valence-corrected chi connectivity index (χ4v) is 2.12. The Hall–Kier alpha value is -1.55. The summed E-state index contributed by atoms with van der Waals surface area (Å²) in [5.74, 6) is -1.00. The summed E-state index contributed by atoms with van der Waals surface area (Å²) in [7, 11) is 0. The molecular formula is C13H14ClNO3. The third kappa shape index (κ3) is 2.64. The predicted octanol–water partition coefficient (Wildman–Crippen LogP) is 1.96. The maximum absolute atomic E-state index is 12.1. The number of hydrogen-bond acceptors (Lipinski definition) is 2. The van der Waals surface area contributed by atoms with E-state index in [2.05, 4.69) is 5.32 Å². The van der Waals surface area contributed by atoms with Crippen LogP contribution < -0.4 is 5.32 Å². The smallest absolute Gasteiger partial charge is 0.305 e. The summed E-state index contributed by atoms with van der Waals surface area (Å²) < 4.78 is 0. The van der Waals surface area contributed by atoms with Gasteiger partial charge < -0.3 is 10.4 Å². The van der Waals surface area contributed by atoms with Gasteiger partial charge in [-0.05, 0) is 30.5 Å². The van der Waals surface area contributed by atoms with E-state index in [4.69, 9.17) is 16.7 Å². The molecule has 1 saturated carbocycles. The third-order valence-electron chi connectivity index (χ3n) is 3.21. The molecule has 0 aromatic heterocycles. The molecule has 1 aliphatic rings. The normalized spacial score (nSPS) is 16.1. The van der Waals surface area contributed by atoms with Gasteiger partial charge in [0.2, 0.25) is 5.91 Å². The Morgan fingerprint density at radius 2 is 1.89 bits per heavy atom. The Kier molecular flexibility index (Phi) is 3.57. The lowest BCUT2D eigenvalue weighted by Crippen LogP contribution is -2.35. The van der Waals surface area contributed by atoms with Gasteiger partial charge >= 0.3 is 5.97 Å². The van der Waals surface area contributed by atoms with E-state index < -0.39 is 11.4 Å². The summed E-state index contributed by atoms with van der Waals surface area (Å²) >= 11 is 5.81. The molecule has 0 saturated heterocycles. The minimum absolute atomic E-state index is 0.0531. The highest BCUT2D eigenvalue weighted by molar-refractivity contribution is 6.30. The van der Waals surface area contributed by atoms with Crippen molar-refractivity contribution in [3.05, 3.63) is 34.9 Å². The Labute approximate surface area is 110 Å². The van der Waals surface area contributed by atoms with Crippen LogP contribution in [0.5, 0.6) is 0 Å². The monoisotopic (exact) mass is 267 g/mol. The molecule has 0 spiro atoms. The predicted molar refractivity (Wildman–Crippen MR) is 67.6 cm³/mol. The van der Waals surface area contributed by atoms with E-state index in [1.54, 1.807) is 12.1 Å². The van der Waals surface area contributed by atoms with Crippen molar-refractivity contribution >= 4 is 23.5 Å². The Balaban J connectivity index is 2.00. The summed E-state index contributed by atoms with van der Waals surface area (Å²) in [5.41, 5.74) is 0.475. The van der Waals surface area contributed by atoms with Crippen LogP contribution in [0.1, 0.15) is 24.8 Å². The lowest BCUT2D eigenvalue weighted by Gasteiger charge is -2.15. The van der Waals surface area contributed by atoms with Gasteiger partial charge in [-0.25, -0.2) is 0 Å². The number of amides is 1. The molecule has 2 rings (SSSR count). The molecule has 0 radical (unpaired) electrons. The number of carboxylic acid groups (broad SMARTS) is 1. The molecule has 4 nitrogen and oxygen atoms in total. The number of nitrogens with one attached hydrogen (secondary N) is 1. The molecule has 1 fully saturated rings. The van der Waals surface area contributed by atoms with Crippen molar-refractivity contribution in [1.29, 1.82) is 0 Å². The molecule has 1 aromatic carbocycles. The van der Waals surface area contributed by atoms with Gasteiger partial charge in [0.1, 0.15) is 0 Å². The molecule has 0 unspecified atom stereocenters. The average Bonchev–Trinajstić information content (AvgIpc) is 3.10. The topological polar surface area (TPSA) is 66.4 Å². The number of halogens is 1. The average molecular weight is 268 g/mol. The van der Waals surface area contributed by atoms with Gasteiger partial charge in [-0.2, -0.15) is 0 Å². The van der Waals surface area contributed by atoms with Crippen molar-refractivity contribution in [1.82, 2.24) is 5.32 Å². The van der Waals surface area contributed by atoms with Crippen molar-refractivity contribution in [3.8, 4) is 0 Å². The highest BCUT2D eigenvalue weighted by Gasteiger charge is 2.50. The van der Waals surface area contributed by atoms with E-state index in [0.717, 1.165) is 18.4 Å². The Morgan fingerprint density at radius 3 is 2.39 bits per heavy atom. The zero-order chi connectivity index (χ0) is 13.2. The van der Waals surface area contributed by atoms with Crippen molar-refractivity contribution in [2.45, 2.75) is 24.7 Å². The van der Waals surface area contributed by atoms with Crippen LogP contribution in [0.25, 0.3) is 0 Å². The van der Waals surface area contributed by atoms with Gasteiger partial charge in [0.25, 0.3) is 0 Å². The first kappa shape index (κ1) is 12.9. The van der Waals surface area contributed by atoms with E-state index in [9.17, 15) is 9.59 Å². The second-order valence-corrected chi connectivity index (χ2v) is 4.93. The van der Waals surface area contributed by atoms with E-state index in [1.807, 2.05) is 12.1 Å². The molecule has 1 amide bonds. The first-order valence-corrected chi connectivity index (χ1v) is 6.18. The van der Waals surface area contributed by atoms with Crippen LogP contribution in [0, 0.1) is 0 Å². The van der Waals surface area contributed by atoms with Crippen LogP contribution in [0.4, 0.5) is 0 Å². The molecule has 0 atom stereocenters. The minimum atomic E-state index is -0.911. The molecule has 96 valence electrons. The molecule has 0 bridgehead atoms. The first-order valence-electron chi connectivity index (χ1n) is 5.81. The lowest BCUT2D eigenvalue weighted by molar-refractivity contribution is -0.137. The van der Waals surface area contributed by atoms with E-state index in [0.29, 0.717) is 5.02 Å². The van der Waals surface area contributed by atoms with E-state index in [-0.39, 0.29) is 18.9 Å². The number of rotatable bonds is 5. The van der Waals surface area contributed by atoms with Gasteiger partial charge in [-0.3, -0.25) is 9.59 Å². The molecule has 0 aliphatic heterocycles. The van der Waals surface area contributed by atoms with Crippen molar-refractivity contribution < 1.29 is 14.7 Å². The van der Waals surface area contributed by atoms with Crippen molar-refractivity contribution in [3.63, 3.8) is 0 Å². The molecule has 1 aliphatic carbocycles. The summed E-state index contributed by atoms with van der Waals surface area (Å²) in [6.07, 6.45) is 1.55. The summed E-state index contributed by atoms with van der Waals surface area (Å²) in [6, 6.07) is 7.24. The van der Waals surface area contributed by atoms with E-state index in [1.165, 1.54) is 0 Å². The van der Waals surface area contributed by atoms with Crippen LogP contribution >= 0.6 is 11.6 Å². The standard InChI is InChI=1S/C13H14ClNO3/c14-10-3-1-9(2-4-10)13(6-7-13)12(18)15-8-5-11(16)17/h1-4H,5-8H2,(H,15,18)(H,16,17). The summed E-state index contributed by atoms with van der Waals surface area (Å²) in [6.45, 7) is 0.170. The maximum Gasteiger partial charge on any atom is 0.305 e. The number of benzene rings is 1. The number of carbonyl (C=O) groups excluding carboxylic acids is 1. The number of aliphatic carboxylic acids is 1. The van der Waals surface area contributed by atoms with Crippen molar-refractivity contribution in [2.24, 2.45) is 0 Å². The molecule has 18 heavy (non-hydrogen) atoms. The minimum Gasteiger partial charge on any atom is -0.481 e. The quantitative estimate of drug-likeness (QED) is 0.857. The van der Waals surface area contributed by atoms with Crippen LogP contribution in [0.15, 0.2) is 24.3 Å². The zero-order valence-electron chi connectivity index (χ0n) is 9.78. The summed E-state index contributed by atoms with van der Waals surface area (Å²) in [4.78, 5) is 22.4. The van der Waals surface area contributed by atoms with Crippen LogP contribution in [-0.2, 0) is 15.0 Å². The maximum atomic E-state index is 12.1. The highest BCUT2D eigenvalue weighted by Crippen LogP contribution is 2.48.